The molecule has 0 aliphatic rings. The highest BCUT2D eigenvalue weighted by atomic mass is 32.1. The van der Waals surface area contributed by atoms with E-state index in [4.69, 9.17) is 11.5 Å². The van der Waals surface area contributed by atoms with Gasteiger partial charge in [-0.1, -0.05) is 30.3 Å². The number of aryl methyl sites for hydroxylation is 1. The van der Waals surface area contributed by atoms with Crippen LogP contribution in [0.5, 0.6) is 0 Å². The van der Waals surface area contributed by atoms with Crippen LogP contribution in [0.1, 0.15) is 15.4 Å². The number of fused-ring (bicyclic) bond motifs is 1. The van der Waals surface area contributed by atoms with Gasteiger partial charge in [0.2, 0.25) is 0 Å². The lowest BCUT2D eigenvalue weighted by molar-refractivity contribution is 0.100. The molecular weight excluding hydrogens is 272 g/mol. The van der Waals surface area contributed by atoms with Crippen LogP contribution in [0, 0.1) is 6.92 Å². The molecule has 0 atom stereocenters. The number of nitrogens with two attached hydrogens (primary N) is 2. The largest absolute Gasteiger partial charge is 0.397 e. The molecule has 0 bridgehead atoms. The summed E-state index contributed by atoms with van der Waals surface area (Å²) >= 11 is 1.20. The molecular formula is C14H12N4OS. The number of hydrogen-bond donors (Lipinski definition) is 2. The predicted molar refractivity (Wildman–Crippen MR) is 80.5 cm³/mol. The third-order valence-corrected chi connectivity index (χ3v) is 4.14. The van der Waals surface area contributed by atoms with E-state index in [0.29, 0.717) is 26.6 Å². The molecule has 1 aromatic carbocycles. The predicted octanol–water partition coefficient (Wildman–Crippen LogP) is 2.35. The van der Waals surface area contributed by atoms with Gasteiger partial charge in [-0.05, 0) is 6.92 Å². The molecule has 100 valence electrons. The maximum atomic E-state index is 11.4. The van der Waals surface area contributed by atoms with Gasteiger partial charge in [0.1, 0.15) is 9.71 Å². The molecule has 5 nitrogen and oxygen atoms in total. The van der Waals surface area contributed by atoms with Crippen molar-refractivity contribution in [1.29, 1.82) is 0 Å². The van der Waals surface area contributed by atoms with Gasteiger partial charge in [-0.25, -0.2) is 9.97 Å². The number of benzene rings is 1. The number of carbonyl (C=O) groups is 1. The van der Waals surface area contributed by atoms with Gasteiger partial charge in [-0.3, -0.25) is 4.79 Å². The average molecular weight is 284 g/mol. The maximum absolute atomic E-state index is 11.4. The molecule has 4 N–H and O–H groups in total. The number of nitrogen functional groups attached to an aromatic ring is 1. The summed E-state index contributed by atoms with van der Waals surface area (Å²) in [4.78, 5) is 21.3. The van der Waals surface area contributed by atoms with Crippen LogP contribution in [-0.4, -0.2) is 15.9 Å². The van der Waals surface area contributed by atoms with E-state index in [0.717, 1.165) is 11.3 Å². The Morgan fingerprint density at radius 3 is 2.55 bits per heavy atom. The van der Waals surface area contributed by atoms with E-state index in [1.807, 2.05) is 37.3 Å². The molecule has 0 saturated heterocycles. The van der Waals surface area contributed by atoms with Crippen molar-refractivity contribution in [2.24, 2.45) is 5.73 Å². The van der Waals surface area contributed by atoms with Crippen molar-refractivity contribution in [2.45, 2.75) is 6.92 Å². The standard InChI is InChI=1S/C14H12N4OS/c1-7-9-10(15)11(12(16)19)20-14(9)18-13(17-7)8-5-3-2-4-6-8/h2-6H,15H2,1H3,(H2,16,19). The highest BCUT2D eigenvalue weighted by Crippen LogP contribution is 2.34. The highest BCUT2D eigenvalue weighted by molar-refractivity contribution is 7.21. The first-order chi connectivity index (χ1) is 9.58. The van der Waals surface area contributed by atoms with Gasteiger partial charge in [0.15, 0.2) is 5.82 Å². The molecule has 6 heteroatoms. The van der Waals surface area contributed by atoms with E-state index in [1.165, 1.54) is 11.3 Å². The van der Waals surface area contributed by atoms with Crippen LogP contribution in [0.25, 0.3) is 21.6 Å². The number of rotatable bonds is 2. The van der Waals surface area contributed by atoms with Crippen molar-refractivity contribution >= 4 is 33.1 Å². The van der Waals surface area contributed by atoms with Crippen molar-refractivity contribution < 1.29 is 4.79 Å². The Labute approximate surface area is 119 Å². The zero-order valence-electron chi connectivity index (χ0n) is 10.8. The van der Waals surface area contributed by atoms with Crippen LogP contribution in [-0.2, 0) is 0 Å². The molecule has 0 aliphatic heterocycles. The molecule has 1 amide bonds. The number of carbonyl (C=O) groups excluding carboxylic acids is 1. The Hall–Kier alpha value is -2.47. The van der Waals surface area contributed by atoms with E-state index >= 15 is 0 Å². The minimum atomic E-state index is -0.536. The van der Waals surface area contributed by atoms with Crippen molar-refractivity contribution in [2.75, 3.05) is 5.73 Å². The highest BCUT2D eigenvalue weighted by Gasteiger charge is 2.18. The van der Waals surface area contributed by atoms with Gasteiger partial charge < -0.3 is 11.5 Å². The molecule has 0 unspecified atom stereocenters. The number of anilines is 1. The van der Waals surface area contributed by atoms with E-state index in [1.54, 1.807) is 0 Å². The van der Waals surface area contributed by atoms with Crippen LogP contribution in [0.2, 0.25) is 0 Å². The zero-order chi connectivity index (χ0) is 14.3. The monoisotopic (exact) mass is 284 g/mol. The fourth-order valence-corrected chi connectivity index (χ4v) is 3.09. The number of amides is 1. The topological polar surface area (TPSA) is 94.9 Å². The second-order valence-electron chi connectivity index (χ2n) is 4.39. The Balaban J connectivity index is 2.28. The van der Waals surface area contributed by atoms with Crippen molar-refractivity contribution in [3.63, 3.8) is 0 Å². The summed E-state index contributed by atoms with van der Waals surface area (Å²) in [5.41, 5.74) is 13.3. The first-order valence-corrected chi connectivity index (χ1v) is 6.81. The summed E-state index contributed by atoms with van der Waals surface area (Å²) in [5.74, 6) is 0.0824. The second kappa shape index (κ2) is 4.57. The van der Waals surface area contributed by atoms with Crippen LogP contribution in [0.15, 0.2) is 30.3 Å². The summed E-state index contributed by atoms with van der Waals surface area (Å²) in [7, 11) is 0. The quantitative estimate of drug-likeness (QED) is 0.755. The van der Waals surface area contributed by atoms with Gasteiger partial charge in [0.05, 0.1) is 16.8 Å². The molecule has 0 aliphatic carbocycles. The normalized spacial score (nSPS) is 10.8. The van der Waals surface area contributed by atoms with Crippen LogP contribution in [0.4, 0.5) is 5.69 Å². The van der Waals surface area contributed by atoms with Gasteiger partial charge >= 0.3 is 0 Å². The van der Waals surface area contributed by atoms with Crippen molar-refractivity contribution in [3.8, 4) is 11.4 Å². The molecule has 0 spiro atoms. The van der Waals surface area contributed by atoms with E-state index in [9.17, 15) is 4.79 Å². The molecule has 20 heavy (non-hydrogen) atoms. The maximum Gasteiger partial charge on any atom is 0.260 e. The first kappa shape index (κ1) is 12.6. The molecule has 2 aromatic heterocycles. The minimum Gasteiger partial charge on any atom is -0.397 e. The lowest BCUT2D eigenvalue weighted by Crippen LogP contribution is -2.10. The Kier molecular flexibility index (Phi) is 2.87. The van der Waals surface area contributed by atoms with E-state index in [-0.39, 0.29) is 0 Å². The van der Waals surface area contributed by atoms with Gasteiger partial charge in [0.25, 0.3) is 5.91 Å². The fourth-order valence-electron chi connectivity index (χ4n) is 2.10. The Bertz CT molecular complexity index is 811. The zero-order valence-corrected chi connectivity index (χ0v) is 11.6. The number of nitrogens with zero attached hydrogens (tertiary/aromatic N) is 2. The minimum absolute atomic E-state index is 0.336. The molecule has 0 saturated carbocycles. The van der Waals surface area contributed by atoms with Crippen molar-refractivity contribution in [3.05, 3.63) is 40.9 Å². The van der Waals surface area contributed by atoms with Gasteiger partial charge in [-0.15, -0.1) is 11.3 Å². The van der Waals surface area contributed by atoms with Crippen LogP contribution >= 0.6 is 11.3 Å². The van der Waals surface area contributed by atoms with Gasteiger partial charge in [-0.2, -0.15) is 0 Å². The Morgan fingerprint density at radius 2 is 1.90 bits per heavy atom. The lowest BCUT2D eigenvalue weighted by Gasteiger charge is -2.03. The summed E-state index contributed by atoms with van der Waals surface area (Å²) in [6.07, 6.45) is 0. The van der Waals surface area contributed by atoms with E-state index in [2.05, 4.69) is 9.97 Å². The summed E-state index contributed by atoms with van der Waals surface area (Å²) < 4.78 is 0. The molecule has 0 radical (unpaired) electrons. The third kappa shape index (κ3) is 1.90. The smallest absolute Gasteiger partial charge is 0.260 e. The lowest BCUT2D eigenvalue weighted by atomic mass is 10.2. The Morgan fingerprint density at radius 1 is 1.20 bits per heavy atom. The average Bonchev–Trinajstić information content (AvgIpc) is 2.77. The molecule has 3 aromatic rings. The van der Waals surface area contributed by atoms with E-state index < -0.39 is 5.91 Å². The number of aromatic nitrogens is 2. The number of thiophene rings is 1. The molecule has 3 rings (SSSR count). The first-order valence-electron chi connectivity index (χ1n) is 5.99. The van der Waals surface area contributed by atoms with Crippen LogP contribution in [0.3, 0.4) is 0 Å². The van der Waals surface area contributed by atoms with Crippen molar-refractivity contribution in [1.82, 2.24) is 9.97 Å². The molecule has 2 heterocycles. The SMILES string of the molecule is Cc1nc(-c2ccccc2)nc2sc(C(N)=O)c(N)c12. The van der Waals surface area contributed by atoms with Crippen LogP contribution < -0.4 is 11.5 Å². The summed E-state index contributed by atoms with van der Waals surface area (Å²) in [5, 5.41) is 0.712. The van der Waals surface area contributed by atoms with Gasteiger partial charge in [0, 0.05) is 5.56 Å². The molecule has 0 fully saturated rings. The third-order valence-electron chi connectivity index (χ3n) is 3.03. The number of primary amides is 1. The summed E-state index contributed by atoms with van der Waals surface area (Å²) in [6, 6.07) is 9.66. The summed E-state index contributed by atoms with van der Waals surface area (Å²) in [6.45, 7) is 1.85. The number of hydrogen-bond acceptors (Lipinski definition) is 5. The second-order valence-corrected chi connectivity index (χ2v) is 5.39. The fraction of sp³-hybridized carbons (Fsp3) is 0.0714.